The smallest absolute Gasteiger partial charge is 0.164 e. The number of benzene rings is 21. The third-order valence-electron chi connectivity index (χ3n) is 26.4. The van der Waals surface area contributed by atoms with E-state index in [0.29, 0.717) is 34.9 Å². The molecule has 0 saturated carbocycles. The lowest BCUT2D eigenvalue weighted by molar-refractivity contribution is 0.669. The molecule has 0 N–H and O–H groups in total. The molecule has 0 fully saturated rings. The number of para-hydroxylation sites is 4. The minimum atomic E-state index is 0.599. The predicted octanol–water partition coefficient (Wildman–Crippen LogP) is 32.7. The Labute approximate surface area is 768 Å². The monoisotopic (exact) mass is 1710 g/mol. The van der Waals surface area contributed by atoms with E-state index in [1.165, 1.54) is 43.4 Å². The van der Waals surface area contributed by atoms with Crippen LogP contribution in [0.1, 0.15) is 0 Å². The van der Waals surface area contributed by atoms with Gasteiger partial charge >= 0.3 is 0 Å². The molecule has 6 heterocycles. The van der Waals surface area contributed by atoms with Gasteiger partial charge in [0.1, 0.15) is 22.3 Å². The van der Waals surface area contributed by atoms with Crippen molar-refractivity contribution in [2.75, 3.05) is 0 Å². The molecule has 27 rings (SSSR count). The molecule has 0 amide bonds. The van der Waals surface area contributed by atoms with E-state index >= 15 is 0 Å². The first-order valence-electron chi connectivity index (χ1n) is 45.2. The second-order valence-electron chi connectivity index (χ2n) is 34.2. The highest BCUT2D eigenvalue weighted by Gasteiger charge is 2.27. The summed E-state index contributed by atoms with van der Waals surface area (Å²) in [6.07, 6.45) is 0. The Morgan fingerprint density at radius 1 is 0.142 bits per heavy atom. The summed E-state index contributed by atoms with van der Waals surface area (Å²) >= 11 is 0. The van der Waals surface area contributed by atoms with Gasteiger partial charge in [0.2, 0.25) is 0 Å². The number of pyridine rings is 2. The second-order valence-corrected chi connectivity index (χ2v) is 34.2. The summed E-state index contributed by atoms with van der Waals surface area (Å²) in [6.45, 7) is 0. The van der Waals surface area contributed by atoms with Gasteiger partial charge in [-0.25, -0.2) is 39.9 Å². The van der Waals surface area contributed by atoms with Crippen molar-refractivity contribution < 1.29 is 8.83 Å². The van der Waals surface area contributed by atoms with E-state index in [2.05, 4.69) is 382 Å². The fraction of sp³-hybridized carbons (Fsp3) is 0. The van der Waals surface area contributed by atoms with Crippen LogP contribution in [0, 0.1) is 0 Å². The molecule has 0 aliphatic heterocycles. The van der Waals surface area contributed by atoms with E-state index in [0.717, 1.165) is 198 Å². The molecule has 0 radical (unpaired) electrons. The van der Waals surface area contributed by atoms with Crippen molar-refractivity contribution in [1.29, 1.82) is 0 Å². The summed E-state index contributed by atoms with van der Waals surface area (Å²) in [5, 5.41) is 22.6. The normalized spacial score (nSPS) is 11.7. The van der Waals surface area contributed by atoms with E-state index < -0.39 is 0 Å². The average Bonchev–Trinajstić information content (AvgIpc) is 1.49. The van der Waals surface area contributed by atoms with Crippen LogP contribution in [0.4, 0.5) is 0 Å². The molecule has 21 aromatic carbocycles. The molecule has 0 spiro atoms. The number of rotatable bonds is 12. The van der Waals surface area contributed by atoms with Crippen molar-refractivity contribution in [1.82, 2.24) is 39.9 Å². The number of nitrogens with zero attached hydrogens (tertiary/aromatic N) is 8. The molecule has 622 valence electrons. The highest BCUT2D eigenvalue weighted by atomic mass is 16.3. The Hall–Kier alpha value is -18.1. The predicted molar refractivity (Wildman–Crippen MR) is 553 cm³/mol. The summed E-state index contributed by atoms with van der Waals surface area (Å²) in [5.41, 5.74) is 23.5. The lowest BCUT2D eigenvalue weighted by Gasteiger charge is -2.16. The van der Waals surface area contributed by atoms with E-state index in [9.17, 15) is 0 Å². The average molecular weight is 1710 g/mol. The van der Waals surface area contributed by atoms with Gasteiger partial charge in [-0.3, -0.25) is 0 Å². The van der Waals surface area contributed by atoms with Crippen LogP contribution >= 0.6 is 0 Å². The molecule has 27 aromatic rings. The molecule has 134 heavy (non-hydrogen) atoms. The van der Waals surface area contributed by atoms with Gasteiger partial charge < -0.3 is 8.83 Å². The maximum atomic E-state index is 6.72. The van der Waals surface area contributed by atoms with Crippen LogP contribution in [0.2, 0.25) is 0 Å². The molecule has 10 nitrogen and oxygen atoms in total. The Balaban J connectivity index is 0.000000140. The summed E-state index contributed by atoms with van der Waals surface area (Å²) in [6, 6.07) is 157. The van der Waals surface area contributed by atoms with Crippen LogP contribution in [0.25, 0.3) is 276 Å². The lowest BCUT2D eigenvalue weighted by Crippen LogP contribution is -2.01. The Kier molecular flexibility index (Phi) is 18.4. The maximum absolute atomic E-state index is 6.72. The lowest BCUT2D eigenvalue weighted by atomic mass is 9.89. The highest BCUT2D eigenvalue weighted by Crippen LogP contribution is 2.51. The van der Waals surface area contributed by atoms with Crippen molar-refractivity contribution in [3.8, 4) is 135 Å². The SMILES string of the molecule is c1ccc(-c2ccc(-c3nc4ccccc4c4c(-c5ccc(-c6nc(-c7ccccc7)nc(-c7cc8ccccc8c8ccccc78)n6)cc5)c5c(cc34)oc3ccccc35)cc2)cc1.c1ccc(-c2ccc(-c3nc4ccccc4c4c(-c5ccc(-c6nc(-c7ccccc7)nc(-c7ccc8c9ccccc9c9ccccc9c8c7)n6)cc5)c5c(cc34)oc3ccccc35)cc2)cc1. The Bertz CT molecular complexity index is 9360. The van der Waals surface area contributed by atoms with Crippen molar-refractivity contribution >= 4 is 141 Å². The number of fused-ring (bicyclic) bond motifs is 21. The van der Waals surface area contributed by atoms with Gasteiger partial charge in [0.25, 0.3) is 0 Å². The fourth-order valence-electron chi connectivity index (χ4n) is 20.1. The summed E-state index contributed by atoms with van der Waals surface area (Å²) in [4.78, 5) is 41.8. The van der Waals surface area contributed by atoms with Crippen molar-refractivity contribution in [3.63, 3.8) is 0 Å². The molecule has 6 aromatic heterocycles. The number of furan rings is 2. The fourth-order valence-corrected chi connectivity index (χ4v) is 20.1. The first-order chi connectivity index (χ1) is 66.4. The number of hydrogen-bond acceptors (Lipinski definition) is 10. The molecule has 0 aliphatic rings. The quantitative estimate of drug-likeness (QED) is 0.109. The molecule has 0 atom stereocenters. The van der Waals surface area contributed by atoms with Gasteiger partial charge in [0.15, 0.2) is 34.9 Å². The van der Waals surface area contributed by atoms with E-state index in [4.69, 9.17) is 48.7 Å². The largest absolute Gasteiger partial charge is 0.456 e. The van der Waals surface area contributed by atoms with Crippen LogP contribution in [0.15, 0.2) is 458 Å². The highest BCUT2D eigenvalue weighted by molar-refractivity contribution is 6.31. The molecule has 0 saturated heterocycles. The number of aromatic nitrogens is 8. The van der Waals surface area contributed by atoms with Crippen LogP contribution in [-0.4, -0.2) is 39.9 Å². The number of hydrogen-bond donors (Lipinski definition) is 0. The summed E-state index contributed by atoms with van der Waals surface area (Å²) < 4.78 is 13.4. The standard InChI is InChI=1S/C64H38N4O.C60H36N4O/c1-3-15-39(16-4-1)40-27-31-42(32-28-40)61-54-38-57-60(52-24-12-14-26-56(52)69-57)58(59(54)51-23-11-13-25-55(51)65-61)41-29-33-44(34-30-41)63-66-62(43-17-5-2-6-18-43)67-64(68-63)45-35-36-50-48-21-8-7-19-46(48)47-20-9-10-22-49(47)53(50)37-45;1-3-15-37(16-4-1)38-27-31-40(32-28-38)57-50-36-53-56(48-24-12-14-26-52(48)65-53)54(55(50)47-23-11-13-25-51(47)61-57)39-29-33-42(34-30-39)59-62-58(41-17-5-2-6-18-41)63-60(64-59)49-35-43-19-7-8-20-44(43)45-21-9-10-22-46(45)49/h1-38H;1-36H. The molecular formula is C124H74N8O2. The van der Waals surface area contributed by atoms with Gasteiger partial charge in [0.05, 0.1) is 22.4 Å². The van der Waals surface area contributed by atoms with Crippen molar-refractivity contribution in [2.45, 2.75) is 0 Å². The first-order valence-corrected chi connectivity index (χ1v) is 45.2. The Morgan fingerprint density at radius 3 is 0.858 bits per heavy atom. The first kappa shape index (κ1) is 77.1. The third kappa shape index (κ3) is 13.3. The van der Waals surface area contributed by atoms with Crippen LogP contribution < -0.4 is 0 Å². The van der Waals surface area contributed by atoms with Crippen molar-refractivity contribution in [3.05, 3.63) is 449 Å². The molecular weight excluding hydrogens is 1630 g/mol. The minimum Gasteiger partial charge on any atom is -0.456 e. The van der Waals surface area contributed by atoms with Gasteiger partial charge in [-0.15, -0.1) is 0 Å². The van der Waals surface area contributed by atoms with Gasteiger partial charge in [-0.1, -0.05) is 400 Å². The topological polar surface area (TPSA) is 129 Å². The van der Waals surface area contributed by atoms with Crippen LogP contribution in [-0.2, 0) is 0 Å². The molecule has 0 bridgehead atoms. The van der Waals surface area contributed by atoms with Gasteiger partial charge in [-0.2, -0.15) is 0 Å². The minimum absolute atomic E-state index is 0.599. The second kappa shape index (κ2) is 32.0. The zero-order valence-electron chi connectivity index (χ0n) is 72.1. The zero-order chi connectivity index (χ0) is 88.3. The summed E-state index contributed by atoms with van der Waals surface area (Å²) in [7, 11) is 0. The van der Waals surface area contributed by atoms with Crippen molar-refractivity contribution in [2.24, 2.45) is 0 Å². The van der Waals surface area contributed by atoms with E-state index in [1.807, 2.05) is 66.7 Å². The van der Waals surface area contributed by atoms with E-state index in [1.54, 1.807) is 0 Å². The molecule has 0 unspecified atom stereocenters. The van der Waals surface area contributed by atoms with Gasteiger partial charge in [-0.05, 0) is 136 Å². The van der Waals surface area contributed by atoms with E-state index in [-0.39, 0.29) is 0 Å². The van der Waals surface area contributed by atoms with Crippen LogP contribution in [0.5, 0.6) is 0 Å². The zero-order valence-corrected chi connectivity index (χ0v) is 72.1. The maximum Gasteiger partial charge on any atom is 0.164 e. The summed E-state index contributed by atoms with van der Waals surface area (Å²) in [5.74, 6) is 3.68. The van der Waals surface area contributed by atoms with Gasteiger partial charge in [0, 0.05) is 109 Å². The molecule has 0 aliphatic carbocycles. The third-order valence-corrected chi connectivity index (χ3v) is 26.4. The molecule has 10 heteroatoms. The Morgan fingerprint density at radius 2 is 0.425 bits per heavy atom. The van der Waals surface area contributed by atoms with Crippen LogP contribution in [0.3, 0.4) is 0 Å².